The molecule has 0 atom stereocenters. The fourth-order valence-corrected chi connectivity index (χ4v) is 2.90. The Morgan fingerprint density at radius 3 is 2.08 bits per heavy atom. The van der Waals surface area contributed by atoms with Gasteiger partial charge >= 0.3 is 35.6 Å². The van der Waals surface area contributed by atoms with Gasteiger partial charge in [0, 0.05) is 6.20 Å². The molecule has 1 heterocycles. The molecule has 0 bridgehead atoms. The molecule has 0 amide bonds. The van der Waals surface area contributed by atoms with E-state index in [1.165, 1.54) is 27.4 Å². The molecule has 0 aliphatic heterocycles. The van der Waals surface area contributed by atoms with Crippen LogP contribution in [0, 0.1) is 0 Å². The maximum Gasteiger partial charge on any atom is 0.0511 e. The van der Waals surface area contributed by atoms with Gasteiger partial charge in [-0.2, -0.15) is 18.2 Å². The molecular weight excluding hydrogens is 397 g/mol. The fourth-order valence-electron chi connectivity index (χ4n) is 2.90. The Hall–Kier alpha value is -1.77. The standard InChI is InChI=1S/C17H12N.C5H5.2ClH.Ti/c1-2-7-15-12-16(11-14(15)6-1)18-10-9-13-5-3-4-8-17(13)18;1-2-4-5-3-1;;;/h1-12H;1-5H;2*1H;/q2*-1;;;+2/p-2. The van der Waals surface area contributed by atoms with Crippen molar-refractivity contribution in [2.75, 3.05) is 0 Å². The van der Waals surface area contributed by atoms with Crippen LogP contribution in [-0.4, -0.2) is 4.57 Å². The number of fused-ring (bicyclic) bond motifs is 2. The van der Waals surface area contributed by atoms with Gasteiger partial charge in [-0.15, -0.1) is 41.1 Å². The van der Waals surface area contributed by atoms with Crippen molar-refractivity contribution in [3.8, 4) is 5.69 Å². The van der Waals surface area contributed by atoms with Crippen LogP contribution in [0.3, 0.4) is 0 Å². The maximum atomic E-state index is 4.89. The first kappa shape index (κ1) is 19.0. The van der Waals surface area contributed by atoms with Crippen molar-refractivity contribution in [3.63, 3.8) is 0 Å². The van der Waals surface area contributed by atoms with Gasteiger partial charge in [-0.05, 0) is 23.2 Å². The van der Waals surface area contributed by atoms with E-state index in [9.17, 15) is 0 Å². The zero-order valence-corrected chi connectivity index (χ0v) is 17.1. The minimum atomic E-state index is -0.556. The summed E-state index contributed by atoms with van der Waals surface area (Å²) in [6, 6.07) is 33.6. The molecule has 4 aromatic carbocycles. The number of nitrogens with zero attached hydrogens (tertiary/aromatic N) is 1. The van der Waals surface area contributed by atoms with Crippen LogP contribution < -0.4 is 0 Å². The third-order valence-electron chi connectivity index (χ3n) is 4.04. The SMILES string of the molecule is [Cl][Ti][Cl].c1cc[cH-]c1.c1ccc2[cH-]c(-n3ccc4ccccc43)cc2c1. The summed E-state index contributed by atoms with van der Waals surface area (Å²) in [6.45, 7) is 0. The van der Waals surface area contributed by atoms with Gasteiger partial charge in [-0.25, -0.2) is 12.1 Å². The molecule has 0 N–H and O–H groups in total. The molecule has 1 nitrogen and oxygen atoms in total. The van der Waals surface area contributed by atoms with Gasteiger partial charge in [0.25, 0.3) is 0 Å². The van der Waals surface area contributed by atoms with Crippen LogP contribution in [0.1, 0.15) is 0 Å². The van der Waals surface area contributed by atoms with Crippen molar-refractivity contribution in [1.29, 1.82) is 0 Å². The average Bonchev–Trinajstić information content (AvgIpc) is 3.42. The predicted molar refractivity (Wildman–Crippen MR) is 110 cm³/mol. The van der Waals surface area contributed by atoms with Crippen molar-refractivity contribution in [2.45, 2.75) is 0 Å². The van der Waals surface area contributed by atoms with E-state index >= 15 is 0 Å². The Morgan fingerprint density at radius 1 is 0.769 bits per heavy atom. The topological polar surface area (TPSA) is 4.93 Å². The summed E-state index contributed by atoms with van der Waals surface area (Å²) in [5, 5.41) is 3.87. The molecule has 5 aromatic rings. The summed E-state index contributed by atoms with van der Waals surface area (Å²) >= 11 is -0.556. The van der Waals surface area contributed by atoms with E-state index in [1.807, 2.05) is 30.3 Å². The molecule has 130 valence electrons. The summed E-state index contributed by atoms with van der Waals surface area (Å²) in [6.07, 6.45) is 2.14. The summed E-state index contributed by atoms with van der Waals surface area (Å²) in [7, 11) is 9.78. The molecular formula is C22H17Cl2NTi-2. The Labute approximate surface area is 170 Å². The van der Waals surface area contributed by atoms with E-state index < -0.39 is 17.0 Å². The number of aromatic nitrogens is 1. The average molecular weight is 414 g/mol. The Bertz CT molecular complexity index is 994. The maximum absolute atomic E-state index is 4.89. The van der Waals surface area contributed by atoms with Crippen LogP contribution in [-0.2, 0) is 17.0 Å². The molecule has 0 spiro atoms. The van der Waals surface area contributed by atoms with Crippen molar-refractivity contribution in [2.24, 2.45) is 0 Å². The molecule has 0 unspecified atom stereocenters. The smallest absolute Gasteiger partial charge is 0.0511 e. The summed E-state index contributed by atoms with van der Waals surface area (Å²) < 4.78 is 2.25. The molecule has 0 saturated carbocycles. The number of rotatable bonds is 1. The van der Waals surface area contributed by atoms with E-state index in [4.69, 9.17) is 18.6 Å². The number of hydrogen-bond acceptors (Lipinski definition) is 0. The quantitative estimate of drug-likeness (QED) is 0.201. The normalized spacial score (nSPS) is 9.92. The third kappa shape index (κ3) is 4.69. The van der Waals surface area contributed by atoms with Gasteiger partial charge < -0.3 is 4.57 Å². The van der Waals surface area contributed by atoms with Gasteiger partial charge in [-0.3, -0.25) is 0 Å². The van der Waals surface area contributed by atoms with Gasteiger partial charge in [0.1, 0.15) is 0 Å². The molecule has 0 aliphatic rings. The molecule has 0 aliphatic carbocycles. The first-order valence-corrected chi connectivity index (χ1v) is 12.5. The second-order valence-corrected chi connectivity index (χ2v) is 8.20. The third-order valence-corrected chi connectivity index (χ3v) is 4.04. The van der Waals surface area contributed by atoms with Crippen LogP contribution >= 0.6 is 18.6 Å². The van der Waals surface area contributed by atoms with E-state index in [-0.39, 0.29) is 0 Å². The fraction of sp³-hybridized carbons (Fsp3) is 0. The first-order chi connectivity index (χ1) is 12.8. The molecule has 0 radical (unpaired) electrons. The van der Waals surface area contributed by atoms with Crippen LogP contribution in [0.25, 0.3) is 27.4 Å². The van der Waals surface area contributed by atoms with Crippen LogP contribution in [0.2, 0.25) is 0 Å². The van der Waals surface area contributed by atoms with Crippen molar-refractivity contribution in [3.05, 3.63) is 103 Å². The molecule has 26 heavy (non-hydrogen) atoms. The number of benzene rings is 2. The second-order valence-electron chi connectivity index (χ2n) is 5.62. The first-order valence-electron chi connectivity index (χ1n) is 8.18. The van der Waals surface area contributed by atoms with Crippen molar-refractivity contribution < 1.29 is 17.0 Å². The largest absolute Gasteiger partial charge is 0.335 e. The Morgan fingerprint density at radius 2 is 1.42 bits per heavy atom. The predicted octanol–water partition coefficient (Wildman–Crippen LogP) is 7.28. The van der Waals surface area contributed by atoms with Crippen LogP contribution in [0.5, 0.6) is 0 Å². The minimum absolute atomic E-state index is 0.556. The van der Waals surface area contributed by atoms with Crippen molar-refractivity contribution >= 4 is 40.3 Å². The zero-order valence-electron chi connectivity index (χ0n) is 14.0. The summed E-state index contributed by atoms with van der Waals surface area (Å²) in [5.41, 5.74) is 2.49. The number of para-hydroxylation sites is 1. The Balaban J connectivity index is 0.000000207. The molecule has 1 aromatic heterocycles. The van der Waals surface area contributed by atoms with Gasteiger partial charge in [-0.1, -0.05) is 24.3 Å². The number of halogens is 2. The number of hydrogen-bond donors (Lipinski definition) is 0. The van der Waals surface area contributed by atoms with Crippen LogP contribution in [0.4, 0.5) is 0 Å². The summed E-state index contributed by atoms with van der Waals surface area (Å²) in [5.74, 6) is 0. The molecule has 0 fully saturated rings. The zero-order chi connectivity index (χ0) is 18.2. The molecule has 0 saturated heterocycles. The Kier molecular flexibility index (Phi) is 7.17. The van der Waals surface area contributed by atoms with Crippen molar-refractivity contribution in [1.82, 2.24) is 4.57 Å². The summed E-state index contributed by atoms with van der Waals surface area (Å²) in [4.78, 5) is 0. The monoisotopic (exact) mass is 413 g/mol. The van der Waals surface area contributed by atoms with E-state index in [0.29, 0.717) is 0 Å². The van der Waals surface area contributed by atoms with Gasteiger partial charge in [0.15, 0.2) is 0 Å². The molecule has 4 heteroatoms. The van der Waals surface area contributed by atoms with Gasteiger partial charge in [0.05, 0.1) is 5.52 Å². The van der Waals surface area contributed by atoms with E-state index in [2.05, 4.69) is 77.5 Å². The van der Waals surface area contributed by atoms with E-state index in [0.717, 1.165) is 0 Å². The van der Waals surface area contributed by atoms with Gasteiger partial charge in [0.2, 0.25) is 0 Å². The molecule has 5 rings (SSSR count). The second kappa shape index (κ2) is 9.80. The van der Waals surface area contributed by atoms with E-state index in [1.54, 1.807) is 0 Å². The van der Waals surface area contributed by atoms with Crippen LogP contribution in [0.15, 0.2) is 103 Å². The minimum Gasteiger partial charge on any atom is -0.335 e.